The van der Waals surface area contributed by atoms with Crippen LogP contribution in [-0.4, -0.2) is 24.3 Å². The molecule has 0 rings (SSSR count). The van der Waals surface area contributed by atoms with E-state index >= 15 is 0 Å². The van der Waals surface area contributed by atoms with E-state index in [9.17, 15) is 4.79 Å². The van der Waals surface area contributed by atoms with Gasteiger partial charge in [-0.1, -0.05) is 200 Å². The van der Waals surface area contributed by atoms with E-state index in [0.29, 0.717) is 6.42 Å². The number of carbonyl (C=O) groups is 1. The predicted molar refractivity (Wildman–Crippen MR) is 181 cm³/mol. The second-order valence-electron chi connectivity index (χ2n) is 13.1. The molecule has 3 heteroatoms. The maximum atomic E-state index is 10.5. The van der Waals surface area contributed by atoms with Gasteiger partial charge in [-0.2, -0.15) is 0 Å². The average molecular weight is 581 g/mol. The van der Waals surface area contributed by atoms with Crippen molar-refractivity contribution in [1.29, 1.82) is 0 Å². The summed E-state index contributed by atoms with van der Waals surface area (Å²) in [6, 6.07) is 0. The molecule has 246 valence electrons. The minimum absolute atomic E-state index is 0.342. The molecule has 0 bridgehead atoms. The van der Waals surface area contributed by atoms with E-state index < -0.39 is 5.97 Å². The van der Waals surface area contributed by atoms with Gasteiger partial charge in [-0.3, -0.25) is 4.79 Å². The number of ether oxygens (including phenoxy) is 1. The second kappa shape index (κ2) is 37.5. The van der Waals surface area contributed by atoms with Gasteiger partial charge in [-0.15, -0.1) is 0 Å². The highest BCUT2D eigenvalue weighted by molar-refractivity contribution is 5.66. The van der Waals surface area contributed by atoms with Gasteiger partial charge in [0.05, 0.1) is 0 Å². The Hall–Kier alpha value is -0.570. The molecule has 0 saturated carbocycles. The summed E-state index contributed by atoms with van der Waals surface area (Å²) in [5, 5.41) is 8.63. The lowest BCUT2D eigenvalue weighted by Gasteiger charge is -2.06. The molecule has 0 spiro atoms. The Balaban J connectivity index is 3.03. The third kappa shape index (κ3) is 39.4. The monoisotopic (exact) mass is 581 g/mol. The number of carboxylic acids is 1. The summed E-state index contributed by atoms with van der Waals surface area (Å²) in [6.45, 7) is 4.25. The van der Waals surface area contributed by atoms with E-state index in [4.69, 9.17) is 9.84 Å². The van der Waals surface area contributed by atoms with Gasteiger partial charge in [0.25, 0.3) is 0 Å². The van der Waals surface area contributed by atoms with Crippen LogP contribution in [0.5, 0.6) is 0 Å². The van der Waals surface area contributed by atoms with Crippen molar-refractivity contribution in [1.82, 2.24) is 0 Å². The summed E-state index contributed by atoms with van der Waals surface area (Å²) in [5.41, 5.74) is 0. The molecular formula is C38H76O3. The number of hydrogen-bond donors (Lipinski definition) is 1. The van der Waals surface area contributed by atoms with Crippen LogP contribution < -0.4 is 0 Å². The first kappa shape index (κ1) is 40.4. The van der Waals surface area contributed by atoms with Crippen molar-refractivity contribution in [3.05, 3.63) is 0 Å². The Bertz CT molecular complexity index is 478. The molecule has 0 radical (unpaired) electrons. The molecule has 0 aromatic heterocycles. The summed E-state index contributed by atoms with van der Waals surface area (Å²) >= 11 is 0. The first-order valence-electron chi connectivity index (χ1n) is 19.1. The van der Waals surface area contributed by atoms with Gasteiger partial charge in [-0.25, -0.2) is 0 Å². The molecule has 0 aromatic carbocycles. The Kier molecular flexibility index (Phi) is 36.9. The van der Waals surface area contributed by atoms with E-state index in [1.807, 2.05) is 0 Å². The third-order valence-electron chi connectivity index (χ3n) is 8.82. The number of aliphatic carboxylic acids is 1. The smallest absolute Gasteiger partial charge is 0.303 e. The molecule has 0 aliphatic rings. The predicted octanol–water partition coefficient (Wildman–Crippen LogP) is 13.4. The van der Waals surface area contributed by atoms with Crippen molar-refractivity contribution in [2.75, 3.05) is 13.2 Å². The summed E-state index contributed by atoms with van der Waals surface area (Å²) < 4.78 is 5.87. The third-order valence-corrected chi connectivity index (χ3v) is 8.82. The normalized spacial score (nSPS) is 11.4. The van der Waals surface area contributed by atoms with E-state index in [1.165, 1.54) is 199 Å². The van der Waals surface area contributed by atoms with Gasteiger partial charge in [0, 0.05) is 19.6 Å². The molecule has 0 atom stereocenters. The fourth-order valence-electron chi connectivity index (χ4n) is 5.99. The van der Waals surface area contributed by atoms with E-state index in [1.54, 1.807) is 0 Å². The standard InChI is InChI=1S/C38H76O3/c1-2-3-4-5-6-7-8-9-10-15-18-21-24-27-30-33-36-41-37-34-31-28-25-22-19-16-13-11-12-14-17-20-23-26-29-32-35-38(39)40/h2-37H2,1H3,(H,39,40). The van der Waals surface area contributed by atoms with Crippen LogP contribution >= 0.6 is 0 Å². The molecule has 0 heterocycles. The van der Waals surface area contributed by atoms with Crippen molar-refractivity contribution < 1.29 is 14.6 Å². The van der Waals surface area contributed by atoms with Crippen molar-refractivity contribution >= 4 is 5.97 Å². The van der Waals surface area contributed by atoms with Crippen LogP contribution in [0, 0.1) is 0 Å². The number of hydrogen-bond acceptors (Lipinski definition) is 2. The quantitative estimate of drug-likeness (QED) is 0.0743. The zero-order valence-corrected chi connectivity index (χ0v) is 28.2. The van der Waals surface area contributed by atoms with Crippen LogP contribution in [0.25, 0.3) is 0 Å². The summed E-state index contributed by atoms with van der Waals surface area (Å²) in [5.74, 6) is -0.652. The fraction of sp³-hybridized carbons (Fsp3) is 0.974. The molecule has 0 aliphatic heterocycles. The van der Waals surface area contributed by atoms with Crippen molar-refractivity contribution in [2.45, 2.75) is 225 Å². The molecule has 0 aliphatic carbocycles. The number of rotatable bonds is 37. The molecule has 0 fully saturated rings. The molecule has 0 saturated heterocycles. The average Bonchev–Trinajstić information content (AvgIpc) is 2.97. The number of carboxylic acid groups (broad SMARTS) is 1. The van der Waals surface area contributed by atoms with E-state index in [0.717, 1.165) is 26.1 Å². The molecule has 1 N–H and O–H groups in total. The Labute approximate surface area is 258 Å². The minimum atomic E-state index is -0.652. The molecule has 0 aromatic rings. The van der Waals surface area contributed by atoms with Crippen LogP contribution in [0.15, 0.2) is 0 Å². The first-order chi connectivity index (χ1) is 20.3. The van der Waals surface area contributed by atoms with Gasteiger partial charge < -0.3 is 9.84 Å². The fourth-order valence-corrected chi connectivity index (χ4v) is 5.99. The zero-order valence-electron chi connectivity index (χ0n) is 28.2. The minimum Gasteiger partial charge on any atom is -0.481 e. The Morgan fingerprint density at radius 3 is 0.829 bits per heavy atom. The molecule has 3 nitrogen and oxygen atoms in total. The van der Waals surface area contributed by atoms with Crippen LogP contribution in [0.1, 0.15) is 225 Å². The van der Waals surface area contributed by atoms with Crippen LogP contribution in [0.4, 0.5) is 0 Å². The van der Waals surface area contributed by atoms with Crippen LogP contribution in [-0.2, 0) is 9.53 Å². The van der Waals surface area contributed by atoms with Crippen molar-refractivity contribution in [3.8, 4) is 0 Å². The first-order valence-corrected chi connectivity index (χ1v) is 19.1. The summed E-state index contributed by atoms with van der Waals surface area (Å²) in [6.07, 6.45) is 45.6. The van der Waals surface area contributed by atoms with Gasteiger partial charge in [0.15, 0.2) is 0 Å². The topological polar surface area (TPSA) is 46.5 Å². The largest absolute Gasteiger partial charge is 0.481 e. The van der Waals surface area contributed by atoms with Crippen LogP contribution in [0.2, 0.25) is 0 Å². The highest BCUT2D eigenvalue weighted by atomic mass is 16.5. The van der Waals surface area contributed by atoms with E-state index in [-0.39, 0.29) is 0 Å². The SMILES string of the molecule is CCCCCCCCCCCCCCCCCCOCCCCCCCCCCCCCCCCCCCC(=O)O. The van der Waals surface area contributed by atoms with Gasteiger partial charge in [0.2, 0.25) is 0 Å². The van der Waals surface area contributed by atoms with E-state index in [2.05, 4.69) is 6.92 Å². The Morgan fingerprint density at radius 2 is 0.585 bits per heavy atom. The number of unbranched alkanes of at least 4 members (excludes halogenated alkanes) is 31. The zero-order chi connectivity index (χ0) is 29.7. The maximum absolute atomic E-state index is 10.5. The highest BCUT2D eigenvalue weighted by Crippen LogP contribution is 2.15. The molecule has 0 amide bonds. The summed E-state index contributed by atoms with van der Waals surface area (Å²) in [4.78, 5) is 10.5. The van der Waals surface area contributed by atoms with Crippen molar-refractivity contribution in [2.24, 2.45) is 0 Å². The van der Waals surface area contributed by atoms with Gasteiger partial charge in [-0.05, 0) is 19.3 Å². The van der Waals surface area contributed by atoms with Gasteiger partial charge in [0.1, 0.15) is 0 Å². The lowest BCUT2D eigenvalue weighted by molar-refractivity contribution is -0.137. The van der Waals surface area contributed by atoms with Crippen LogP contribution in [0.3, 0.4) is 0 Å². The van der Waals surface area contributed by atoms with Gasteiger partial charge >= 0.3 is 5.97 Å². The highest BCUT2D eigenvalue weighted by Gasteiger charge is 1.98. The molecular weight excluding hydrogens is 504 g/mol. The second-order valence-corrected chi connectivity index (χ2v) is 13.1. The Morgan fingerprint density at radius 1 is 0.366 bits per heavy atom. The molecule has 41 heavy (non-hydrogen) atoms. The lowest BCUT2D eigenvalue weighted by atomic mass is 10.0. The summed E-state index contributed by atoms with van der Waals surface area (Å²) in [7, 11) is 0. The lowest BCUT2D eigenvalue weighted by Crippen LogP contribution is -1.97. The molecule has 0 unspecified atom stereocenters. The van der Waals surface area contributed by atoms with Crippen molar-refractivity contribution in [3.63, 3.8) is 0 Å². The maximum Gasteiger partial charge on any atom is 0.303 e.